The lowest BCUT2D eigenvalue weighted by molar-refractivity contribution is -0.141. The predicted molar refractivity (Wildman–Crippen MR) is 43.7 cm³/mol. The quantitative estimate of drug-likeness (QED) is 0.649. The summed E-state index contributed by atoms with van der Waals surface area (Å²) in [6.07, 6.45) is 4.44. The monoisotopic (exact) mass is 172 g/mol. The standard InChI is InChI=1S/C9H13FO2/c10-8(9(11)12)7-5-3-1-2-4-6-7/h5,8H,1-4,6H2,(H,11,12). The molecule has 0 aliphatic heterocycles. The number of carboxylic acid groups (broad SMARTS) is 1. The summed E-state index contributed by atoms with van der Waals surface area (Å²) >= 11 is 0. The van der Waals surface area contributed by atoms with Crippen molar-refractivity contribution in [3.63, 3.8) is 0 Å². The molecule has 0 fully saturated rings. The molecule has 0 radical (unpaired) electrons. The molecule has 0 spiro atoms. The molecule has 1 N–H and O–H groups in total. The second-order valence-corrected chi connectivity index (χ2v) is 3.08. The molecule has 0 heterocycles. The van der Waals surface area contributed by atoms with E-state index in [1.807, 2.05) is 0 Å². The first-order valence-corrected chi connectivity index (χ1v) is 4.27. The molecule has 3 heteroatoms. The van der Waals surface area contributed by atoms with E-state index in [1.54, 1.807) is 6.08 Å². The van der Waals surface area contributed by atoms with Crippen LogP contribution in [0.3, 0.4) is 0 Å². The highest BCUT2D eigenvalue weighted by Gasteiger charge is 2.21. The molecule has 2 nitrogen and oxygen atoms in total. The van der Waals surface area contributed by atoms with E-state index in [2.05, 4.69) is 0 Å². The number of alkyl halides is 1. The van der Waals surface area contributed by atoms with E-state index < -0.39 is 12.1 Å². The van der Waals surface area contributed by atoms with Crippen molar-refractivity contribution < 1.29 is 14.3 Å². The Labute approximate surface area is 71.1 Å². The molecule has 12 heavy (non-hydrogen) atoms. The molecule has 1 rings (SSSR count). The first-order valence-electron chi connectivity index (χ1n) is 4.27. The lowest BCUT2D eigenvalue weighted by Crippen LogP contribution is -2.16. The van der Waals surface area contributed by atoms with Crippen LogP contribution in [-0.2, 0) is 4.79 Å². The SMILES string of the molecule is O=C(O)C(F)C1=CCCCCC1. The number of allylic oxidation sites excluding steroid dienone is 1. The molecule has 0 saturated heterocycles. The van der Waals surface area contributed by atoms with Gasteiger partial charge in [0.2, 0.25) is 6.17 Å². The first kappa shape index (κ1) is 9.23. The number of rotatable bonds is 2. The van der Waals surface area contributed by atoms with E-state index in [0.717, 1.165) is 25.7 Å². The summed E-state index contributed by atoms with van der Waals surface area (Å²) in [5.74, 6) is -1.36. The molecule has 0 amide bonds. The van der Waals surface area contributed by atoms with Crippen LogP contribution in [0.25, 0.3) is 0 Å². The Morgan fingerprint density at radius 1 is 1.50 bits per heavy atom. The predicted octanol–water partition coefficient (Wildman–Crippen LogP) is 2.30. The van der Waals surface area contributed by atoms with Crippen molar-refractivity contribution in [3.05, 3.63) is 11.6 Å². The van der Waals surface area contributed by atoms with E-state index in [4.69, 9.17) is 5.11 Å². The van der Waals surface area contributed by atoms with Crippen LogP contribution in [-0.4, -0.2) is 17.2 Å². The summed E-state index contributed by atoms with van der Waals surface area (Å²) in [5.41, 5.74) is 0.458. The van der Waals surface area contributed by atoms with Gasteiger partial charge >= 0.3 is 5.97 Å². The van der Waals surface area contributed by atoms with E-state index >= 15 is 0 Å². The maximum Gasteiger partial charge on any atom is 0.342 e. The second-order valence-electron chi connectivity index (χ2n) is 3.08. The van der Waals surface area contributed by atoms with Gasteiger partial charge < -0.3 is 5.11 Å². The average molecular weight is 172 g/mol. The Hall–Kier alpha value is -0.860. The fraction of sp³-hybridized carbons (Fsp3) is 0.667. The minimum absolute atomic E-state index is 0.458. The highest BCUT2D eigenvalue weighted by atomic mass is 19.1. The van der Waals surface area contributed by atoms with Crippen LogP contribution in [0.5, 0.6) is 0 Å². The minimum Gasteiger partial charge on any atom is -0.479 e. The Morgan fingerprint density at radius 2 is 2.25 bits per heavy atom. The van der Waals surface area contributed by atoms with Crippen molar-refractivity contribution in [3.8, 4) is 0 Å². The highest BCUT2D eigenvalue weighted by Crippen LogP contribution is 2.21. The van der Waals surface area contributed by atoms with Gasteiger partial charge in [0, 0.05) is 0 Å². The van der Waals surface area contributed by atoms with Gasteiger partial charge in [-0.05, 0) is 31.3 Å². The van der Waals surface area contributed by atoms with Crippen LogP contribution in [0.4, 0.5) is 4.39 Å². The molecular formula is C9H13FO2. The number of halogens is 1. The zero-order chi connectivity index (χ0) is 8.97. The molecule has 0 bridgehead atoms. The molecule has 0 aromatic rings. The summed E-state index contributed by atoms with van der Waals surface area (Å²) < 4.78 is 12.9. The maximum atomic E-state index is 12.9. The largest absolute Gasteiger partial charge is 0.479 e. The van der Waals surface area contributed by atoms with Crippen LogP contribution < -0.4 is 0 Å². The van der Waals surface area contributed by atoms with Gasteiger partial charge in [0.1, 0.15) is 0 Å². The molecule has 1 unspecified atom stereocenters. The normalized spacial score (nSPS) is 20.9. The molecule has 0 saturated carbocycles. The molecule has 0 aromatic heterocycles. The van der Waals surface area contributed by atoms with Crippen LogP contribution in [0, 0.1) is 0 Å². The fourth-order valence-electron chi connectivity index (χ4n) is 1.43. The number of carbonyl (C=O) groups is 1. The van der Waals surface area contributed by atoms with E-state index in [-0.39, 0.29) is 0 Å². The average Bonchev–Trinajstić information content (AvgIpc) is 2.30. The van der Waals surface area contributed by atoms with Crippen LogP contribution >= 0.6 is 0 Å². The fourth-order valence-corrected chi connectivity index (χ4v) is 1.43. The third kappa shape index (κ3) is 2.32. The van der Waals surface area contributed by atoms with Gasteiger partial charge in [-0.2, -0.15) is 0 Å². The van der Waals surface area contributed by atoms with Crippen LogP contribution in [0.15, 0.2) is 11.6 Å². The molecule has 1 aliphatic rings. The second kappa shape index (κ2) is 4.24. The van der Waals surface area contributed by atoms with Gasteiger partial charge in [-0.25, -0.2) is 9.18 Å². The van der Waals surface area contributed by atoms with Gasteiger partial charge in [-0.1, -0.05) is 12.5 Å². The van der Waals surface area contributed by atoms with Gasteiger partial charge in [-0.3, -0.25) is 0 Å². The third-order valence-electron chi connectivity index (χ3n) is 2.12. The third-order valence-corrected chi connectivity index (χ3v) is 2.12. The van der Waals surface area contributed by atoms with Gasteiger partial charge in [0.05, 0.1) is 0 Å². The van der Waals surface area contributed by atoms with Crippen molar-refractivity contribution in [1.29, 1.82) is 0 Å². The highest BCUT2D eigenvalue weighted by molar-refractivity contribution is 5.75. The summed E-state index contributed by atoms with van der Waals surface area (Å²) in [5, 5.41) is 8.41. The summed E-state index contributed by atoms with van der Waals surface area (Å²) in [4.78, 5) is 10.3. The lowest BCUT2D eigenvalue weighted by atomic mass is 10.1. The maximum absolute atomic E-state index is 12.9. The van der Waals surface area contributed by atoms with Crippen molar-refractivity contribution in [2.45, 2.75) is 38.3 Å². The van der Waals surface area contributed by atoms with Gasteiger partial charge in [0.25, 0.3) is 0 Å². The van der Waals surface area contributed by atoms with Crippen LogP contribution in [0.1, 0.15) is 32.1 Å². The Bertz CT molecular complexity index is 199. The number of hydrogen-bond donors (Lipinski definition) is 1. The summed E-state index contributed by atoms with van der Waals surface area (Å²) in [6, 6.07) is 0. The molecule has 1 aliphatic carbocycles. The number of hydrogen-bond acceptors (Lipinski definition) is 1. The zero-order valence-corrected chi connectivity index (χ0v) is 6.92. The Morgan fingerprint density at radius 3 is 2.92 bits per heavy atom. The molecule has 0 aromatic carbocycles. The van der Waals surface area contributed by atoms with E-state index in [0.29, 0.717) is 12.0 Å². The van der Waals surface area contributed by atoms with E-state index in [1.165, 1.54) is 0 Å². The lowest BCUT2D eigenvalue weighted by Gasteiger charge is -2.05. The first-order chi connectivity index (χ1) is 5.72. The molecule has 68 valence electrons. The van der Waals surface area contributed by atoms with Crippen molar-refractivity contribution >= 4 is 5.97 Å². The van der Waals surface area contributed by atoms with Crippen molar-refractivity contribution in [2.24, 2.45) is 0 Å². The summed E-state index contributed by atoms with van der Waals surface area (Å²) in [6.45, 7) is 0. The smallest absolute Gasteiger partial charge is 0.342 e. The molecule has 1 atom stereocenters. The number of carboxylic acids is 1. The topological polar surface area (TPSA) is 37.3 Å². The Balaban J connectivity index is 2.58. The number of aliphatic carboxylic acids is 1. The Kier molecular flexibility index (Phi) is 3.26. The van der Waals surface area contributed by atoms with E-state index in [9.17, 15) is 9.18 Å². The summed E-state index contributed by atoms with van der Waals surface area (Å²) in [7, 11) is 0. The zero-order valence-electron chi connectivity index (χ0n) is 6.92. The van der Waals surface area contributed by atoms with Gasteiger partial charge in [-0.15, -0.1) is 0 Å². The minimum atomic E-state index is -1.77. The van der Waals surface area contributed by atoms with Gasteiger partial charge in [0.15, 0.2) is 0 Å². The molecular weight excluding hydrogens is 159 g/mol. The van der Waals surface area contributed by atoms with Crippen molar-refractivity contribution in [1.82, 2.24) is 0 Å². The van der Waals surface area contributed by atoms with Crippen molar-refractivity contribution in [2.75, 3.05) is 0 Å². The van der Waals surface area contributed by atoms with Crippen LogP contribution in [0.2, 0.25) is 0 Å².